The number of hydrogen-bond donors (Lipinski definition) is 1. The zero-order valence-electron chi connectivity index (χ0n) is 19.4. The molecule has 0 spiro atoms. The van der Waals surface area contributed by atoms with Gasteiger partial charge < -0.3 is 14.5 Å². The van der Waals surface area contributed by atoms with E-state index in [0.717, 1.165) is 10.9 Å². The van der Waals surface area contributed by atoms with E-state index in [4.69, 9.17) is 9.15 Å². The molecule has 5 aromatic rings. The summed E-state index contributed by atoms with van der Waals surface area (Å²) in [6, 6.07) is 26.1. The minimum atomic E-state index is -0.593. The number of benzene rings is 4. The average molecular weight is 465 g/mol. The summed E-state index contributed by atoms with van der Waals surface area (Å²) in [4.78, 5) is 30.0. The number of oxazole rings is 1. The van der Waals surface area contributed by atoms with Crippen LogP contribution in [0.25, 0.3) is 33.3 Å². The number of carbonyl (C=O) groups is 2. The highest BCUT2D eigenvalue weighted by molar-refractivity contribution is 6.10. The minimum absolute atomic E-state index is 0.342. The van der Waals surface area contributed by atoms with Crippen molar-refractivity contribution in [2.75, 3.05) is 11.9 Å². The smallest absolute Gasteiger partial charge is 0.339 e. The number of anilines is 1. The zero-order chi connectivity index (χ0) is 24.4. The summed E-state index contributed by atoms with van der Waals surface area (Å²) in [5.41, 5.74) is 4.25. The van der Waals surface area contributed by atoms with Gasteiger partial charge >= 0.3 is 5.97 Å². The average Bonchev–Trinajstić information content (AvgIpc) is 3.31. The molecule has 0 aliphatic carbocycles. The molecule has 6 nitrogen and oxygen atoms in total. The van der Waals surface area contributed by atoms with Gasteiger partial charge in [-0.2, -0.15) is 0 Å². The van der Waals surface area contributed by atoms with Crippen LogP contribution in [0.4, 0.5) is 5.69 Å². The fourth-order valence-corrected chi connectivity index (χ4v) is 4.03. The van der Waals surface area contributed by atoms with E-state index in [9.17, 15) is 9.59 Å². The molecular weight excluding hydrogens is 440 g/mol. The predicted octanol–water partition coefficient (Wildman–Crippen LogP) is 6.57. The maximum Gasteiger partial charge on any atom is 0.339 e. The van der Waals surface area contributed by atoms with Crippen LogP contribution in [0.3, 0.4) is 0 Å². The van der Waals surface area contributed by atoms with Gasteiger partial charge in [-0.05, 0) is 53.3 Å². The van der Waals surface area contributed by atoms with E-state index in [2.05, 4.69) is 24.1 Å². The Morgan fingerprint density at radius 3 is 2.40 bits per heavy atom. The third kappa shape index (κ3) is 4.64. The molecule has 0 saturated carbocycles. The Morgan fingerprint density at radius 2 is 1.66 bits per heavy atom. The molecule has 0 radical (unpaired) electrons. The second-order valence-corrected chi connectivity index (χ2v) is 8.60. The Kier molecular flexibility index (Phi) is 6.02. The molecule has 0 aliphatic rings. The van der Waals surface area contributed by atoms with Crippen LogP contribution in [0, 0.1) is 0 Å². The standard InChI is InChI=1S/C29H24N2O4/c1-18(2)19-13-15-21(16-14-19)30-26(32)17-34-29(33)23-10-6-8-20-7-5-9-22(27(20)23)28-31-24-11-3-4-12-25(24)35-28/h3-16,18H,17H2,1-2H3,(H,30,32). The number of ether oxygens (including phenoxy) is 1. The third-order valence-electron chi connectivity index (χ3n) is 5.84. The second kappa shape index (κ2) is 9.43. The number of nitrogens with one attached hydrogen (secondary N) is 1. The lowest BCUT2D eigenvalue weighted by molar-refractivity contribution is -0.119. The molecule has 174 valence electrons. The first-order valence-corrected chi connectivity index (χ1v) is 11.4. The Labute approximate surface area is 202 Å². The molecule has 0 saturated heterocycles. The van der Waals surface area contributed by atoms with Gasteiger partial charge in [0.25, 0.3) is 5.91 Å². The largest absolute Gasteiger partial charge is 0.452 e. The quantitative estimate of drug-likeness (QED) is 0.288. The van der Waals surface area contributed by atoms with Gasteiger partial charge in [-0.25, -0.2) is 9.78 Å². The number of esters is 1. The van der Waals surface area contributed by atoms with Gasteiger partial charge in [-0.3, -0.25) is 4.79 Å². The van der Waals surface area contributed by atoms with Gasteiger partial charge in [0.15, 0.2) is 12.2 Å². The molecule has 0 aliphatic heterocycles. The highest BCUT2D eigenvalue weighted by Crippen LogP contribution is 2.33. The monoisotopic (exact) mass is 464 g/mol. The molecule has 0 fully saturated rings. The summed E-state index contributed by atoms with van der Waals surface area (Å²) < 4.78 is 11.3. The Bertz CT molecular complexity index is 1500. The summed E-state index contributed by atoms with van der Waals surface area (Å²) in [5, 5.41) is 4.27. The van der Waals surface area contributed by atoms with Crippen molar-refractivity contribution in [3.05, 3.63) is 96.1 Å². The maximum absolute atomic E-state index is 13.0. The summed E-state index contributed by atoms with van der Waals surface area (Å²) >= 11 is 0. The molecule has 1 heterocycles. The van der Waals surface area contributed by atoms with E-state index >= 15 is 0 Å². The molecule has 1 amide bonds. The molecule has 5 rings (SSSR count). The lowest BCUT2D eigenvalue weighted by atomic mass is 9.99. The Balaban J connectivity index is 1.37. The van der Waals surface area contributed by atoms with E-state index in [0.29, 0.717) is 39.6 Å². The zero-order valence-corrected chi connectivity index (χ0v) is 19.4. The molecule has 1 aromatic heterocycles. The van der Waals surface area contributed by atoms with Gasteiger partial charge in [0.05, 0.1) is 5.56 Å². The summed E-state index contributed by atoms with van der Waals surface area (Å²) in [6.45, 7) is 3.82. The lowest BCUT2D eigenvalue weighted by Crippen LogP contribution is -2.21. The maximum atomic E-state index is 13.0. The van der Waals surface area contributed by atoms with Gasteiger partial charge in [0.2, 0.25) is 5.89 Å². The van der Waals surface area contributed by atoms with E-state index < -0.39 is 18.5 Å². The molecule has 0 bridgehead atoms. The van der Waals surface area contributed by atoms with E-state index in [1.807, 2.05) is 72.8 Å². The first kappa shape index (κ1) is 22.3. The van der Waals surface area contributed by atoms with Gasteiger partial charge in [-0.15, -0.1) is 0 Å². The Morgan fingerprint density at radius 1 is 0.914 bits per heavy atom. The van der Waals surface area contributed by atoms with Crippen molar-refractivity contribution in [2.45, 2.75) is 19.8 Å². The number of carbonyl (C=O) groups excluding carboxylic acids is 2. The number of aromatic nitrogens is 1. The lowest BCUT2D eigenvalue weighted by Gasteiger charge is -2.11. The summed E-state index contributed by atoms with van der Waals surface area (Å²) in [5.74, 6) is -0.180. The van der Waals surface area contributed by atoms with Gasteiger partial charge in [0.1, 0.15) is 5.52 Å². The SMILES string of the molecule is CC(C)c1ccc(NC(=O)COC(=O)c2cccc3cccc(-c4nc5ccccc5o4)c23)cc1. The summed E-state index contributed by atoms with van der Waals surface area (Å²) in [7, 11) is 0. The van der Waals surface area contributed by atoms with Crippen molar-refractivity contribution in [1.82, 2.24) is 4.98 Å². The van der Waals surface area contributed by atoms with Crippen LogP contribution in [-0.2, 0) is 9.53 Å². The van der Waals surface area contributed by atoms with Crippen molar-refractivity contribution >= 4 is 39.4 Å². The number of amides is 1. The van der Waals surface area contributed by atoms with Crippen molar-refractivity contribution in [1.29, 1.82) is 0 Å². The number of hydrogen-bond acceptors (Lipinski definition) is 5. The first-order chi connectivity index (χ1) is 17.0. The van der Waals surface area contributed by atoms with Gasteiger partial charge in [0, 0.05) is 16.6 Å². The Hall–Kier alpha value is -4.45. The molecule has 0 atom stereocenters. The third-order valence-corrected chi connectivity index (χ3v) is 5.84. The molecule has 1 N–H and O–H groups in total. The molecule has 6 heteroatoms. The number of rotatable bonds is 6. The summed E-state index contributed by atoms with van der Waals surface area (Å²) in [6.07, 6.45) is 0. The van der Waals surface area contributed by atoms with Crippen LogP contribution < -0.4 is 5.32 Å². The van der Waals surface area contributed by atoms with E-state index in [-0.39, 0.29) is 0 Å². The molecule has 0 unspecified atom stereocenters. The first-order valence-electron chi connectivity index (χ1n) is 11.4. The fourth-order valence-electron chi connectivity index (χ4n) is 4.03. The molecule has 4 aromatic carbocycles. The number of fused-ring (bicyclic) bond motifs is 2. The van der Waals surface area contributed by atoms with E-state index in [1.165, 1.54) is 5.56 Å². The minimum Gasteiger partial charge on any atom is -0.452 e. The van der Waals surface area contributed by atoms with Crippen LogP contribution in [0.2, 0.25) is 0 Å². The number of para-hydroxylation sites is 2. The topological polar surface area (TPSA) is 81.4 Å². The van der Waals surface area contributed by atoms with Crippen molar-refractivity contribution in [3.63, 3.8) is 0 Å². The molecule has 35 heavy (non-hydrogen) atoms. The van der Waals surface area contributed by atoms with Crippen LogP contribution in [0.5, 0.6) is 0 Å². The van der Waals surface area contributed by atoms with Crippen LogP contribution in [-0.4, -0.2) is 23.5 Å². The fraction of sp³-hybridized carbons (Fsp3) is 0.138. The van der Waals surface area contributed by atoms with Crippen molar-refractivity contribution < 1.29 is 18.7 Å². The van der Waals surface area contributed by atoms with Crippen LogP contribution >= 0.6 is 0 Å². The normalized spacial score (nSPS) is 11.2. The van der Waals surface area contributed by atoms with Gasteiger partial charge in [-0.1, -0.05) is 62.4 Å². The van der Waals surface area contributed by atoms with E-state index in [1.54, 1.807) is 12.1 Å². The highest BCUT2D eigenvalue weighted by atomic mass is 16.5. The second-order valence-electron chi connectivity index (χ2n) is 8.60. The number of nitrogens with zero attached hydrogens (tertiary/aromatic N) is 1. The van der Waals surface area contributed by atoms with Crippen LogP contribution in [0.1, 0.15) is 35.7 Å². The molecular formula is C29H24N2O4. The highest BCUT2D eigenvalue weighted by Gasteiger charge is 2.19. The van der Waals surface area contributed by atoms with Crippen molar-refractivity contribution in [3.8, 4) is 11.5 Å². The predicted molar refractivity (Wildman–Crippen MR) is 136 cm³/mol. The van der Waals surface area contributed by atoms with Crippen LogP contribution in [0.15, 0.2) is 89.3 Å². The van der Waals surface area contributed by atoms with Crippen molar-refractivity contribution in [2.24, 2.45) is 0 Å².